The summed E-state index contributed by atoms with van der Waals surface area (Å²) in [6.45, 7) is 3.29. The lowest BCUT2D eigenvalue weighted by molar-refractivity contribution is -0.902. The third-order valence-corrected chi connectivity index (χ3v) is 4.24. The Hall–Kier alpha value is -2.13. The number of carbonyl (C=O) groups is 1. The SMILES string of the molecule is O=C(OCc1ccccc1)[C@@H]1CC[NH+](Cc2ccccc2)C1. The molecule has 0 bridgehead atoms. The molecule has 0 radical (unpaired) electrons. The molecule has 1 aliphatic heterocycles. The summed E-state index contributed by atoms with van der Waals surface area (Å²) in [6, 6.07) is 20.3. The standard InChI is InChI=1S/C19H21NO2/c21-19(22-15-17-9-5-2-6-10-17)18-11-12-20(14-18)13-16-7-3-1-4-8-16/h1-10,18H,11-15H2/p+1/t18-/m1/s1. The van der Waals surface area contributed by atoms with Crippen molar-refractivity contribution in [3.63, 3.8) is 0 Å². The molecular weight excluding hydrogens is 274 g/mol. The molecule has 1 fully saturated rings. The zero-order valence-corrected chi connectivity index (χ0v) is 12.7. The Balaban J connectivity index is 1.46. The van der Waals surface area contributed by atoms with Crippen molar-refractivity contribution in [1.82, 2.24) is 0 Å². The summed E-state index contributed by atoms with van der Waals surface area (Å²) in [5.41, 5.74) is 2.37. The Labute approximate surface area is 131 Å². The number of esters is 1. The lowest BCUT2D eigenvalue weighted by atomic mass is 10.1. The lowest BCUT2D eigenvalue weighted by Crippen LogP contribution is -3.09. The Bertz CT molecular complexity index is 597. The second kappa shape index (κ2) is 7.23. The molecule has 2 aromatic carbocycles. The molecule has 3 nitrogen and oxygen atoms in total. The maximum atomic E-state index is 12.2. The number of nitrogens with one attached hydrogen (secondary N) is 1. The molecular formula is C19H22NO2+. The average Bonchev–Trinajstić information content (AvgIpc) is 3.03. The van der Waals surface area contributed by atoms with Crippen LogP contribution in [0.2, 0.25) is 0 Å². The van der Waals surface area contributed by atoms with Crippen LogP contribution in [0.3, 0.4) is 0 Å². The predicted octanol–water partition coefficient (Wildman–Crippen LogP) is 1.83. The van der Waals surface area contributed by atoms with E-state index in [4.69, 9.17) is 4.74 Å². The van der Waals surface area contributed by atoms with Crippen molar-refractivity contribution >= 4 is 5.97 Å². The Morgan fingerprint density at radius 2 is 1.64 bits per heavy atom. The Kier molecular flexibility index (Phi) is 4.86. The quantitative estimate of drug-likeness (QED) is 0.854. The summed E-state index contributed by atoms with van der Waals surface area (Å²) >= 11 is 0. The van der Waals surface area contributed by atoms with E-state index >= 15 is 0 Å². The first-order valence-corrected chi connectivity index (χ1v) is 7.89. The van der Waals surface area contributed by atoms with Crippen LogP contribution in [0, 0.1) is 5.92 Å². The normalized spacial score (nSPS) is 20.7. The molecule has 1 heterocycles. The van der Waals surface area contributed by atoms with Gasteiger partial charge in [0.15, 0.2) is 0 Å². The van der Waals surface area contributed by atoms with Gasteiger partial charge in [0.05, 0.1) is 13.1 Å². The molecule has 22 heavy (non-hydrogen) atoms. The van der Waals surface area contributed by atoms with Crippen LogP contribution >= 0.6 is 0 Å². The summed E-state index contributed by atoms with van der Waals surface area (Å²) in [6.07, 6.45) is 0.926. The van der Waals surface area contributed by atoms with Crippen LogP contribution in [0.25, 0.3) is 0 Å². The molecule has 0 amide bonds. The van der Waals surface area contributed by atoms with Gasteiger partial charge in [-0.3, -0.25) is 4.79 Å². The van der Waals surface area contributed by atoms with Crippen LogP contribution in [0.5, 0.6) is 0 Å². The van der Waals surface area contributed by atoms with Crippen molar-refractivity contribution in [3.05, 3.63) is 71.8 Å². The van der Waals surface area contributed by atoms with Gasteiger partial charge in [-0.15, -0.1) is 0 Å². The molecule has 2 atom stereocenters. The van der Waals surface area contributed by atoms with Gasteiger partial charge in [0.2, 0.25) is 0 Å². The van der Waals surface area contributed by atoms with Crippen LogP contribution in [-0.2, 0) is 22.7 Å². The zero-order valence-electron chi connectivity index (χ0n) is 12.7. The number of benzene rings is 2. The van der Waals surface area contributed by atoms with Gasteiger partial charge < -0.3 is 9.64 Å². The summed E-state index contributed by atoms with van der Waals surface area (Å²) in [7, 11) is 0. The van der Waals surface area contributed by atoms with Crippen molar-refractivity contribution in [1.29, 1.82) is 0 Å². The van der Waals surface area contributed by atoms with E-state index in [1.54, 1.807) is 0 Å². The molecule has 114 valence electrons. The van der Waals surface area contributed by atoms with Crippen LogP contribution < -0.4 is 4.90 Å². The van der Waals surface area contributed by atoms with E-state index in [9.17, 15) is 4.79 Å². The number of likely N-dealkylation sites (tertiary alicyclic amines) is 1. The number of quaternary nitrogens is 1. The summed E-state index contributed by atoms with van der Waals surface area (Å²) in [5.74, 6) is -0.00524. The zero-order chi connectivity index (χ0) is 15.2. The topological polar surface area (TPSA) is 30.7 Å². The van der Waals surface area contributed by atoms with Gasteiger partial charge in [-0.1, -0.05) is 60.7 Å². The molecule has 2 aromatic rings. The van der Waals surface area contributed by atoms with Crippen LogP contribution in [0.1, 0.15) is 17.5 Å². The van der Waals surface area contributed by atoms with E-state index in [1.165, 1.54) is 10.5 Å². The van der Waals surface area contributed by atoms with E-state index in [1.807, 2.05) is 36.4 Å². The van der Waals surface area contributed by atoms with E-state index in [0.29, 0.717) is 6.61 Å². The summed E-state index contributed by atoms with van der Waals surface area (Å²) in [5, 5.41) is 0. The largest absolute Gasteiger partial charge is 0.460 e. The average molecular weight is 296 g/mol. The molecule has 0 aromatic heterocycles. The van der Waals surface area contributed by atoms with Crippen LogP contribution in [-0.4, -0.2) is 19.1 Å². The summed E-state index contributed by atoms with van der Waals surface area (Å²) < 4.78 is 5.46. The van der Waals surface area contributed by atoms with Gasteiger partial charge in [0.1, 0.15) is 19.1 Å². The molecule has 0 spiro atoms. The minimum Gasteiger partial charge on any atom is -0.460 e. The first-order valence-electron chi connectivity index (χ1n) is 7.89. The molecule has 0 aliphatic carbocycles. The number of carbonyl (C=O) groups excluding carboxylic acids is 1. The fourth-order valence-electron chi connectivity index (χ4n) is 3.02. The highest BCUT2D eigenvalue weighted by atomic mass is 16.5. The van der Waals surface area contributed by atoms with E-state index in [-0.39, 0.29) is 11.9 Å². The van der Waals surface area contributed by atoms with Gasteiger partial charge in [0.25, 0.3) is 0 Å². The minimum absolute atomic E-state index is 0.0439. The van der Waals surface area contributed by atoms with Crippen molar-refractivity contribution in [2.75, 3.05) is 13.1 Å². The second-order valence-electron chi connectivity index (χ2n) is 5.95. The first-order chi connectivity index (χ1) is 10.8. The molecule has 3 heteroatoms. The maximum Gasteiger partial charge on any atom is 0.315 e. The number of hydrogen-bond donors (Lipinski definition) is 1. The lowest BCUT2D eigenvalue weighted by Gasteiger charge is -2.13. The smallest absolute Gasteiger partial charge is 0.315 e. The third kappa shape index (κ3) is 3.95. The number of hydrogen-bond acceptors (Lipinski definition) is 2. The van der Waals surface area contributed by atoms with Gasteiger partial charge in [-0.05, 0) is 5.56 Å². The van der Waals surface area contributed by atoms with Gasteiger partial charge in [0, 0.05) is 12.0 Å². The van der Waals surface area contributed by atoms with Gasteiger partial charge >= 0.3 is 5.97 Å². The fourth-order valence-corrected chi connectivity index (χ4v) is 3.02. The monoisotopic (exact) mass is 296 g/mol. The van der Waals surface area contributed by atoms with Crippen molar-refractivity contribution in [3.8, 4) is 0 Å². The Morgan fingerprint density at radius 3 is 2.32 bits per heavy atom. The Morgan fingerprint density at radius 1 is 1.00 bits per heavy atom. The number of rotatable bonds is 5. The third-order valence-electron chi connectivity index (χ3n) is 4.24. The number of ether oxygens (including phenoxy) is 1. The van der Waals surface area contributed by atoms with Crippen LogP contribution in [0.4, 0.5) is 0 Å². The maximum absolute atomic E-state index is 12.2. The minimum atomic E-state index is -0.0492. The first kappa shape index (κ1) is 14.8. The molecule has 1 saturated heterocycles. The highest BCUT2D eigenvalue weighted by Crippen LogP contribution is 2.10. The van der Waals surface area contributed by atoms with E-state index in [2.05, 4.69) is 24.3 Å². The molecule has 0 saturated carbocycles. The molecule has 1 N–H and O–H groups in total. The fraction of sp³-hybridized carbons (Fsp3) is 0.316. The van der Waals surface area contributed by atoms with Gasteiger partial charge in [-0.25, -0.2) is 0 Å². The van der Waals surface area contributed by atoms with Crippen molar-refractivity contribution in [2.24, 2.45) is 5.92 Å². The highest BCUT2D eigenvalue weighted by Gasteiger charge is 2.32. The van der Waals surface area contributed by atoms with E-state index in [0.717, 1.165) is 31.6 Å². The van der Waals surface area contributed by atoms with Gasteiger partial charge in [-0.2, -0.15) is 0 Å². The molecule has 1 aliphatic rings. The van der Waals surface area contributed by atoms with Crippen molar-refractivity contribution < 1.29 is 14.4 Å². The highest BCUT2D eigenvalue weighted by molar-refractivity contribution is 5.72. The predicted molar refractivity (Wildman–Crippen MR) is 85.2 cm³/mol. The van der Waals surface area contributed by atoms with Crippen LogP contribution in [0.15, 0.2) is 60.7 Å². The summed E-state index contributed by atoms with van der Waals surface area (Å²) in [4.78, 5) is 13.6. The molecule has 3 rings (SSSR count). The molecule has 1 unspecified atom stereocenters. The second-order valence-corrected chi connectivity index (χ2v) is 5.95. The van der Waals surface area contributed by atoms with Crippen molar-refractivity contribution in [2.45, 2.75) is 19.6 Å². The van der Waals surface area contributed by atoms with E-state index < -0.39 is 0 Å².